The molecule has 0 aliphatic heterocycles. The van der Waals surface area contributed by atoms with Crippen LogP contribution in [0.25, 0.3) is 31.8 Å². The van der Waals surface area contributed by atoms with Crippen LogP contribution in [-0.2, 0) is 16.1 Å². The van der Waals surface area contributed by atoms with Crippen molar-refractivity contribution in [2.24, 2.45) is 0 Å². The number of thiazole rings is 1. The van der Waals surface area contributed by atoms with E-state index in [1.807, 2.05) is 19.1 Å². The zero-order valence-corrected chi connectivity index (χ0v) is 22.1. The van der Waals surface area contributed by atoms with Crippen molar-refractivity contribution in [2.75, 3.05) is 25.6 Å². The second kappa shape index (κ2) is 11.2. The minimum atomic E-state index is -0.769. The molecule has 0 unspecified atom stereocenters. The third kappa shape index (κ3) is 5.76. The summed E-state index contributed by atoms with van der Waals surface area (Å²) in [5, 5.41) is 3.10. The zero-order chi connectivity index (χ0) is 27.5. The van der Waals surface area contributed by atoms with Crippen LogP contribution in [0.1, 0.15) is 16.8 Å². The maximum Gasteiger partial charge on any atom is 0.411 e. The van der Waals surface area contributed by atoms with Gasteiger partial charge in [-0.25, -0.2) is 24.1 Å². The Balaban J connectivity index is 1.33. The number of hydrogen-bond acceptors (Lipinski definition) is 9. The normalized spacial score (nSPS) is 11.2. The number of amides is 1. The fraction of sp³-hybridized carbons (Fsp3) is 0.222. The van der Waals surface area contributed by atoms with Crippen LogP contribution >= 0.6 is 11.3 Å². The third-order valence-corrected chi connectivity index (χ3v) is 6.76. The van der Waals surface area contributed by atoms with Crippen molar-refractivity contribution >= 4 is 44.4 Å². The largest absolute Gasteiger partial charge is 0.487 e. The smallest absolute Gasteiger partial charge is 0.411 e. The summed E-state index contributed by atoms with van der Waals surface area (Å²) in [4.78, 5) is 29.3. The van der Waals surface area contributed by atoms with Gasteiger partial charge in [0.05, 0.1) is 51.6 Å². The molecule has 0 saturated heterocycles. The maximum absolute atomic E-state index is 15.1. The molecule has 3 aromatic heterocycles. The summed E-state index contributed by atoms with van der Waals surface area (Å²) in [6, 6.07) is 7.98. The van der Waals surface area contributed by atoms with Gasteiger partial charge in [0.2, 0.25) is 5.95 Å². The number of fused-ring (bicyclic) bond motifs is 2. The van der Waals surface area contributed by atoms with Crippen LogP contribution in [0.5, 0.6) is 5.75 Å². The molecule has 0 radical (unpaired) electrons. The highest BCUT2D eigenvalue weighted by atomic mass is 32.1. The van der Waals surface area contributed by atoms with Gasteiger partial charge in [-0.15, -0.1) is 11.3 Å². The first-order valence-electron chi connectivity index (χ1n) is 11.9. The Morgan fingerprint density at radius 1 is 1.03 bits per heavy atom. The lowest BCUT2D eigenvalue weighted by atomic mass is 10.1. The summed E-state index contributed by atoms with van der Waals surface area (Å²) in [6.07, 6.45) is 2.07. The fourth-order valence-corrected chi connectivity index (χ4v) is 5.04. The first kappa shape index (κ1) is 26.3. The highest BCUT2D eigenvalue weighted by Crippen LogP contribution is 2.38. The highest BCUT2D eigenvalue weighted by Gasteiger charge is 2.19. The van der Waals surface area contributed by atoms with Crippen molar-refractivity contribution in [3.05, 3.63) is 71.3 Å². The molecule has 2 aromatic carbocycles. The number of nitrogens with zero attached hydrogens (tertiary/aromatic N) is 4. The van der Waals surface area contributed by atoms with Crippen molar-refractivity contribution in [3.63, 3.8) is 0 Å². The number of ether oxygens (including phenoxy) is 3. The van der Waals surface area contributed by atoms with E-state index in [0.717, 1.165) is 39.3 Å². The summed E-state index contributed by atoms with van der Waals surface area (Å²) in [6.45, 7) is 3.75. The topological polar surface area (TPSA) is 108 Å². The molecular formula is C27H23F2N5O4S. The average Bonchev–Trinajstić information content (AvgIpc) is 3.34. The summed E-state index contributed by atoms with van der Waals surface area (Å²) in [5.41, 5.74) is 5.09. The number of pyridine rings is 1. The molecule has 0 bridgehead atoms. The van der Waals surface area contributed by atoms with Crippen molar-refractivity contribution in [3.8, 4) is 16.3 Å². The van der Waals surface area contributed by atoms with E-state index in [9.17, 15) is 9.18 Å². The summed E-state index contributed by atoms with van der Waals surface area (Å²) < 4.78 is 44.5. The van der Waals surface area contributed by atoms with Gasteiger partial charge in [0.1, 0.15) is 18.2 Å². The molecule has 5 rings (SSSR count). The number of methoxy groups -OCH3 is 1. The average molecular weight is 552 g/mol. The van der Waals surface area contributed by atoms with Crippen molar-refractivity contribution in [2.45, 2.75) is 20.5 Å². The van der Waals surface area contributed by atoms with Gasteiger partial charge in [0, 0.05) is 24.3 Å². The number of nitrogens with one attached hydrogen (secondary N) is 1. The van der Waals surface area contributed by atoms with Crippen LogP contribution < -0.4 is 10.1 Å². The zero-order valence-electron chi connectivity index (χ0n) is 21.2. The summed E-state index contributed by atoms with van der Waals surface area (Å²) in [7, 11) is 1.60. The predicted molar refractivity (Wildman–Crippen MR) is 143 cm³/mol. The molecule has 0 spiro atoms. The van der Waals surface area contributed by atoms with Gasteiger partial charge in [-0.05, 0) is 43.7 Å². The fourth-order valence-electron chi connectivity index (χ4n) is 3.96. The van der Waals surface area contributed by atoms with Crippen molar-refractivity contribution in [1.29, 1.82) is 0 Å². The molecule has 3 heterocycles. The number of anilines is 1. The Morgan fingerprint density at radius 2 is 1.87 bits per heavy atom. The number of carbonyl (C=O) groups is 1. The quantitative estimate of drug-likeness (QED) is 0.186. The molecule has 200 valence electrons. The second-order valence-corrected chi connectivity index (χ2v) is 9.66. The van der Waals surface area contributed by atoms with Crippen LogP contribution in [0.2, 0.25) is 0 Å². The molecule has 0 aliphatic rings. The Kier molecular flexibility index (Phi) is 7.57. The predicted octanol–water partition coefficient (Wildman–Crippen LogP) is 5.97. The minimum Gasteiger partial charge on any atom is -0.487 e. The third-order valence-electron chi connectivity index (χ3n) is 5.73. The lowest BCUT2D eigenvalue weighted by molar-refractivity contribution is 0.136. The number of hydrogen-bond donors (Lipinski definition) is 1. The van der Waals surface area contributed by atoms with E-state index in [0.29, 0.717) is 28.2 Å². The minimum absolute atomic E-state index is 0.0278. The number of carbonyl (C=O) groups excluding carboxylic acids is 1. The maximum atomic E-state index is 15.1. The number of benzene rings is 2. The van der Waals surface area contributed by atoms with Crippen LogP contribution in [-0.4, -0.2) is 46.4 Å². The van der Waals surface area contributed by atoms with Gasteiger partial charge in [-0.2, -0.15) is 4.39 Å². The van der Waals surface area contributed by atoms with Crippen LogP contribution in [0, 0.1) is 25.6 Å². The van der Waals surface area contributed by atoms with Crippen LogP contribution in [0.3, 0.4) is 0 Å². The standard InChI is InChI=1S/C27H23F2N5O4S/c1-14-8-18(25-19(9-14)32-17(12-31-25)13-36-3)26-34-24-15(2)23(29)20(10-21(24)39-26)37-6-7-38-27(35)33-16-4-5-22(28)30-11-16/h4-5,8-12H,6-7,13H2,1-3H3,(H,33,35). The summed E-state index contributed by atoms with van der Waals surface area (Å²) >= 11 is 1.39. The molecule has 1 N–H and O–H groups in total. The lowest BCUT2D eigenvalue weighted by Crippen LogP contribution is -2.18. The van der Waals surface area contributed by atoms with Crippen molar-refractivity contribution < 1.29 is 27.8 Å². The SMILES string of the molecule is COCc1cnc2c(-c3nc4c(C)c(F)c(OCCOC(=O)Nc5ccc(F)nc5)cc4s3)cc(C)cc2n1. The molecule has 0 fully saturated rings. The summed E-state index contributed by atoms with van der Waals surface area (Å²) in [5.74, 6) is -1.18. The van der Waals surface area contributed by atoms with Gasteiger partial charge in [0.25, 0.3) is 0 Å². The monoisotopic (exact) mass is 551 g/mol. The van der Waals surface area contributed by atoms with E-state index in [4.69, 9.17) is 19.2 Å². The molecular weight excluding hydrogens is 528 g/mol. The molecule has 0 atom stereocenters. The van der Waals surface area contributed by atoms with Gasteiger partial charge in [-0.3, -0.25) is 10.3 Å². The molecule has 12 heteroatoms. The Bertz CT molecular complexity index is 1680. The van der Waals surface area contributed by atoms with E-state index < -0.39 is 17.9 Å². The first-order chi connectivity index (χ1) is 18.8. The molecule has 0 aliphatic carbocycles. The molecule has 9 nitrogen and oxygen atoms in total. The van der Waals surface area contributed by atoms with Crippen molar-refractivity contribution in [1.82, 2.24) is 19.9 Å². The van der Waals surface area contributed by atoms with E-state index in [1.165, 1.54) is 17.4 Å². The Hall–Kier alpha value is -4.29. The Morgan fingerprint density at radius 3 is 2.64 bits per heavy atom. The number of aromatic nitrogens is 4. The molecule has 1 amide bonds. The van der Waals surface area contributed by atoms with Crippen LogP contribution in [0.15, 0.2) is 42.7 Å². The molecule has 5 aromatic rings. The number of halogens is 2. The molecule has 39 heavy (non-hydrogen) atoms. The lowest BCUT2D eigenvalue weighted by Gasteiger charge is -2.10. The number of rotatable bonds is 8. The van der Waals surface area contributed by atoms with Gasteiger partial charge >= 0.3 is 6.09 Å². The first-order valence-corrected chi connectivity index (χ1v) is 12.7. The van der Waals surface area contributed by atoms with E-state index in [-0.39, 0.29) is 24.7 Å². The van der Waals surface area contributed by atoms with E-state index >= 15 is 4.39 Å². The van der Waals surface area contributed by atoms with Gasteiger partial charge in [-0.1, -0.05) is 0 Å². The van der Waals surface area contributed by atoms with Gasteiger partial charge in [0.15, 0.2) is 11.6 Å². The molecule has 0 saturated carbocycles. The van der Waals surface area contributed by atoms with Gasteiger partial charge < -0.3 is 14.2 Å². The second-order valence-electron chi connectivity index (χ2n) is 8.63. The highest BCUT2D eigenvalue weighted by molar-refractivity contribution is 7.21. The number of aryl methyl sites for hydroxylation is 2. The van der Waals surface area contributed by atoms with E-state index in [1.54, 1.807) is 26.3 Å². The van der Waals surface area contributed by atoms with E-state index in [2.05, 4.69) is 20.3 Å². The van der Waals surface area contributed by atoms with Crippen LogP contribution in [0.4, 0.5) is 19.3 Å². The Labute approximate surface area is 225 Å².